The second-order valence-corrected chi connectivity index (χ2v) is 6.28. The van der Waals surface area contributed by atoms with E-state index in [1.807, 2.05) is 41.2 Å². The Morgan fingerprint density at radius 2 is 1.96 bits per heavy atom. The number of nitrogens with two attached hydrogens (primary N) is 1. The molecule has 0 amide bonds. The molecule has 1 heterocycles. The van der Waals surface area contributed by atoms with Gasteiger partial charge in [-0.2, -0.15) is 5.10 Å². The molecule has 25 heavy (non-hydrogen) atoms. The fourth-order valence-corrected chi connectivity index (χ4v) is 3.19. The van der Waals surface area contributed by atoms with Crippen LogP contribution < -0.4 is 11.1 Å². The van der Waals surface area contributed by atoms with E-state index in [1.165, 1.54) is 24.0 Å². The molecule has 0 atom stereocenters. The monoisotopic (exact) mass is 331 g/mol. The van der Waals surface area contributed by atoms with Gasteiger partial charge in [0.2, 0.25) is 0 Å². The van der Waals surface area contributed by atoms with Crippen molar-refractivity contribution in [2.45, 2.75) is 25.8 Å². The van der Waals surface area contributed by atoms with Gasteiger partial charge < -0.3 is 11.1 Å². The number of aryl methyl sites for hydroxylation is 2. The average molecular weight is 331 g/mol. The van der Waals surface area contributed by atoms with Crippen LogP contribution in [0.25, 0.3) is 5.69 Å². The second kappa shape index (κ2) is 6.81. The highest BCUT2D eigenvalue weighted by Gasteiger charge is 2.10. The molecule has 4 rings (SSSR count). The number of anilines is 1. The fraction of sp³-hybridized carbons (Fsp3) is 0.200. The van der Waals surface area contributed by atoms with Crippen molar-refractivity contribution in [1.82, 2.24) is 9.78 Å². The third-order valence-corrected chi connectivity index (χ3v) is 4.51. The van der Waals surface area contributed by atoms with E-state index in [0.717, 1.165) is 23.4 Å². The number of benzene rings is 2. The zero-order valence-electron chi connectivity index (χ0n) is 14.0. The molecule has 0 unspecified atom stereocenters. The van der Waals surface area contributed by atoms with E-state index < -0.39 is 0 Å². The lowest BCUT2D eigenvalue weighted by Gasteiger charge is -2.08. The number of aromatic nitrogens is 2. The van der Waals surface area contributed by atoms with Crippen LogP contribution >= 0.6 is 0 Å². The van der Waals surface area contributed by atoms with Gasteiger partial charge in [-0.25, -0.2) is 9.67 Å². The van der Waals surface area contributed by atoms with Gasteiger partial charge in [0, 0.05) is 18.1 Å². The molecular weight excluding hydrogens is 310 g/mol. The second-order valence-electron chi connectivity index (χ2n) is 6.28. The zero-order chi connectivity index (χ0) is 17.1. The summed E-state index contributed by atoms with van der Waals surface area (Å²) in [5, 5.41) is 7.41. The number of hydrogen-bond donors (Lipinski definition) is 2. The molecule has 0 fully saturated rings. The van der Waals surface area contributed by atoms with E-state index in [9.17, 15) is 0 Å². The fourth-order valence-electron chi connectivity index (χ4n) is 3.19. The van der Waals surface area contributed by atoms with E-state index in [2.05, 4.69) is 33.6 Å². The van der Waals surface area contributed by atoms with Crippen molar-refractivity contribution in [3.8, 4) is 5.69 Å². The van der Waals surface area contributed by atoms with Crippen molar-refractivity contribution < 1.29 is 0 Å². The Labute approximate surface area is 147 Å². The summed E-state index contributed by atoms with van der Waals surface area (Å²) in [5.41, 5.74) is 12.1. The number of guanidine groups is 1. The lowest BCUT2D eigenvalue weighted by Crippen LogP contribution is -2.22. The number of aliphatic imine (C=N–C) groups is 1. The first-order valence-corrected chi connectivity index (χ1v) is 8.56. The molecule has 0 spiro atoms. The Bertz CT molecular complexity index is 879. The molecule has 0 saturated carbocycles. The molecule has 1 aromatic heterocycles. The maximum absolute atomic E-state index is 6.03. The molecule has 5 heteroatoms. The number of nitrogens with one attached hydrogen (secondary N) is 1. The first kappa shape index (κ1) is 15.4. The Hall–Kier alpha value is -3.08. The predicted octanol–water partition coefficient (Wildman–Crippen LogP) is 3.29. The van der Waals surface area contributed by atoms with Crippen LogP contribution in [0.3, 0.4) is 0 Å². The summed E-state index contributed by atoms with van der Waals surface area (Å²) in [6.07, 6.45) is 7.28. The van der Waals surface area contributed by atoms with Gasteiger partial charge in [-0.15, -0.1) is 0 Å². The van der Waals surface area contributed by atoms with Crippen molar-refractivity contribution >= 4 is 11.6 Å². The van der Waals surface area contributed by atoms with Crippen LogP contribution in [-0.4, -0.2) is 15.7 Å². The lowest BCUT2D eigenvalue weighted by molar-refractivity contribution is 0.878. The van der Waals surface area contributed by atoms with Gasteiger partial charge in [-0.1, -0.05) is 18.2 Å². The van der Waals surface area contributed by atoms with Crippen LogP contribution in [-0.2, 0) is 19.4 Å². The van der Waals surface area contributed by atoms with Gasteiger partial charge in [-0.05, 0) is 66.3 Å². The summed E-state index contributed by atoms with van der Waals surface area (Å²) < 4.78 is 1.83. The largest absolute Gasteiger partial charge is 0.370 e. The van der Waals surface area contributed by atoms with Gasteiger partial charge in [0.05, 0.1) is 12.2 Å². The van der Waals surface area contributed by atoms with Crippen LogP contribution in [0, 0.1) is 0 Å². The van der Waals surface area contributed by atoms with E-state index in [1.54, 1.807) is 6.20 Å². The smallest absolute Gasteiger partial charge is 0.193 e. The number of nitrogens with zero attached hydrogens (tertiary/aromatic N) is 3. The minimum absolute atomic E-state index is 0.439. The highest BCUT2D eigenvalue weighted by molar-refractivity contribution is 5.92. The van der Waals surface area contributed by atoms with Crippen molar-refractivity contribution in [2.75, 3.05) is 5.32 Å². The van der Waals surface area contributed by atoms with Crippen LogP contribution in [0.15, 0.2) is 65.9 Å². The van der Waals surface area contributed by atoms with E-state index >= 15 is 0 Å². The van der Waals surface area contributed by atoms with Gasteiger partial charge in [0.1, 0.15) is 0 Å². The lowest BCUT2D eigenvalue weighted by atomic mass is 10.1. The molecule has 0 radical (unpaired) electrons. The first-order valence-electron chi connectivity index (χ1n) is 8.56. The molecule has 126 valence electrons. The summed E-state index contributed by atoms with van der Waals surface area (Å²) in [7, 11) is 0. The Kier molecular flexibility index (Phi) is 4.21. The SMILES string of the molecule is NC(=NCc1ccc(-n2cccn2)cc1)Nc1ccc2c(c1)CCC2. The Morgan fingerprint density at radius 1 is 1.12 bits per heavy atom. The summed E-state index contributed by atoms with van der Waals surface area (Å²) in [6.45, 7) is 0.545. The molecule has 3 aromatic rings. The van der Waals surface area contributed by atoms with Crippen LogP contribution in [0.1, 0.15) is 23.1 Å². The molecule has 0 bridgehead atoms. The summed E-state index contributed by atoms with van der Waals surface area (Å²) >= 11 is 0. The molecule has 1 aliphatic carbocycles. The Balaban J connectivity index is 1.39. The van der Waals surface area contributed by atoms with Crippen molar-refractivity contribution in [3.63, 3.8) is 0 Å². The van der Waals surface area contributed by atoms with E-state index in [-0.39, 0.29) is 0 Å². The van der Waals surface area contributed by atoms with Crippen molar-refractivity contribution in [2.24, 2.45) is 10.7 Å². The predicted molar refractivity (Wildman–Crippen MR) is 101 cm³/mol. The van der Waals surface area contributed by atoms with Gasteiger partial charge >= 0.3 is 0 Å². The molecule has 0 aliphatic heterocycles. The topological polar surface area (TPSA) is 68.2 Å². The molecule has 1 aliphatic rings. The normalized spacial score (nSPS) is 13.7. The third kappa shape index (κ3) is 3.55. The number of rotatable bonds is 4. The summed E-state index contributed by atoms with van der Waals surface area (Å²) in [5.74, 6) is 0.439. The number of hydrogen-bond acceptors (Lipinski definition) is 2. The van der Waals surface area contributed by atoms with Gasteiger partial charge in [-0.3, -0.25) is 0 Å². The Morgan fingerprint density at radius 3 is 2.76 bits per heavy atom. The molecule has 5 nitrogen and oxygen atoms in total. The highest BCUT2D eigenvalue weighted by Crippen LogP contribution is 2.24. The molecular formula is C20H21N5. The summed E-state index contributed by atoms with van der Waals surface area (Å²) in [4.78, 5) is 4.44. The molecule has 0 saturated heterocycles. The van der Waals surface area contributed by atoms with Gasteiger partial charge in [0.25, 0.3) is 0 Å². The van der Waals surface area contributed by atoms with E-state index in [0.29, 0.717) is 12.5 Å². The first-order chi connectivity index (χ1) is 12.3. The van der Waals surface area contributed by atoms with Crippen molar-refractivity contribution in [3.05, 3.63) is 77.6 Å². The molecule has 3 N–H and O–H groups in total. The number of fused-ring (bicyclic) bond motifs is 1. The average Bonchev–Trinajstić information content (AvgIpc) is 3.32. The minimum atomic E-state index is 0.439. The van der Waals surface area contributed by atoms with Crippen LogP contribution in [0.2, 0.25) is 0 Å². The molecule has 2 aromatic carbocycles. The standard InChI is InChI=1S/C20H21N5/c21-20(24-18-8-7-16-3-1-4-17(16)13-18)22-14-15-5-9-19(10-6-15)25-12-2-11-23-25/h2,5-13H,1,3-4,14H2,(H3,21,22,24). The quantitative estimate of drug-likeness (QED) is 0.569. The van der Waals surface area contributed by atoms with Gasteiger partial charge in [0.15, 0.2) is 5.96 Å². The van der Waals surface area contributed by atoms with Crippen molar-refractivity contribution in [1.29, 1.82) is 0 Å². The third-order valence-electron chi connectivity index (χ3n) is 4.51. The maximum atomic E-state index is 6.03. The van der Waals surface area contributed by atoms with Crippen LogP contribution in [0.4, 0.5) is 5.69 Å². The maximum Gasteiger partial charge on any atom is 0.193 e. The van der Waals surface area contributed by atoms with Crippen LogP contribution in [0.5, 0.6) is 0 Å². The zero-order valence-corrected chi connectivity index (χ0v) is 14.0. The highest BCUT2D eigenvalue weighted by atomic mass is 15.3. The minimum Gasteiger partial charge on any atom is -0.370 e. The van der Waals surface area contributed by atoms with E-state index in [4.69, 9.17) is 5.73 Å². The summed E-state index contributed by atoms with van der Waals surface area (Å²) in [6, 6.07) is 16.5.